The lowest BCUT2D eigenvalue weighted by atomic mass is 10.1. The van der Waals surface area contributed by atoms with Crippen molar-refractivity contribution in [1.29, 1.82) is 0 Å². The van der Waals surface area contributed by atoms with Gasteiger partial charge in [0.15, 0.2) is 0 Å². The normalized spacial score (nSPS) is 11.6. The number of Topliss-reactive ketones (excluding diaryl/α,β-unsaturated/α-hetero) is 1. The first-order valence-electron chi connectivity index (χ1n) is 4.74. The largest absolute Gasteiger partial charge is 0.446 e. The summed E-state index contributed by atoms with van der Waals surface area (Å²) in [6.45, 7) is 1.37. The topological polar surface area (TPSA) is 17.1 Å². The molecule has 1 rings (SSSR count). The molecular formula is C11H11F3OS2. The van der Waals surface area contributed by atoms with Crippen LogP contribution < -0.4 is 0 Å². The number of hydrogen-bond acceptors (Lipinski definition) is 3. The lowest BCUT2D eigenvalue weighted by Crippen LogP contribution is -2.04. The second kappa shape index (κ2) is 5.82. The molecular weight excluding hydrogens is 269 g/mol. The van der Waals surface area contributed by atoms with Gasteiger partial charge in [0.2, 0.25) is 0 Å². The Bertz CT molecular complexity index is 416. The summed E-state index contributed by atoms with van der Waals surface area (Å²) in [6.07, 6.45) is 1.87. The number of carbonyl (C=O) groups is 1. The van der Waals surface area contributed by atoms with Crippen molar-refractivity contribution in [2.45, 2.75) is 28.6 Å². The first-order valence-corrected chi connectivity index (χ1v) is 6.78. The maximum atomic E-state index is 12.3. The Labute approximate surface area is 106 Å². The third-order valence-electron chi connectivity index (χ3n) is 1.93. The molecule has 0 saturated carbocycles. The van der Waals surface area contributed by atoms with E-state index in [4.69, 9.17) is 0 Å². The van der Waals surface area contributed by atoms with Gasteiger partial charge in [0.05, 0.1) is 0 Å². The lowest BCUT2D eigenvalue weighted by Gasteiger charge is -2.11. The molecule has 0 aromatic heterocycles. The van der Waals surface area contributed by atoms with Gasteiger partial charge in [0.25, 0.3) is 0 Å². The molecule has 17 heavy (non-hydrogen) atoms. The Hall–Kier alpha value is -0.620. The summed E-state index contributed by atoms with van der Waals surface area (Å²) in [4.78, 5) is 12.0. The number of alkyl halides is 3. The minimum atomic E-state index is -4.33. The molecule has 0 aliphatic heterocycles. The van der Waals surface area contributed by atoms with E-state index in [9.17, 15) is 18.0 Å². The van der Waals surface area contributed by atoms with Crippen molar-refractivity contribution in [3.8, 4) is 0 Å². The number of thioether (sulfide) groups is 2. The van der Waals surface area contributed by atoms with E-state index in [1.807, 2.05) is 6.26 Å². The zero-order valence-corrected chi connectivity index (χ0v) is 10.9. The van der Waals surface area contributed by atoms with E-state index >= 15 is 0 Å². The molecule has 0 amide bonds. The summed E-state index contributed by atoms with van der Waals surface area (Å²) in [6, 6.07) is 4.69. The zero-order chi connectivity index (χ0) is 13.1. The fourth-order valence-electron chi connectivity index (χ4n) is 1.31. The van der Waals surface area contributed by atoms with Crippen molar-refractivity contribution < 1.29 is 18.0 Å². The van der Waals surface area contributed by atoms with Crippen LogP contribution in [-0.4, -0.2) is 17.5 Å². The highest BCUT2D eigenvalue weighted by atomic mass is 32.2. The van der Waals surface area contributed by atoms with Gasteiger partial charge in [-0.15, -0.1) is 11.8 Å². The smallest absolute Gasteiger partial charge is 0.300 e. The number of ketones is 1. The molecule has 0 spiro atoms. The van der Waals surface area contributed by atoms with E-state index in [-0.39, 0.29) is 28.9 Å². The third-order valence-corrected chi connectivity index (χ3v) is 3.51. The van der Waals surface area contributed by atoms with E-state index in [2.05, 4.69) is 0 Å². The Morgan fingerprint density at radius 3 is 2.47 bits per heavy atom. The lowest BCUT2D eigenvalue weighted by molar-refractivity contribution is -0.116. The van der Waals surface area contributed by atoms with E-state index < -0.39 is 5.51 Å². The van der Waals surface area contributed by atoms with Crippen LogP contribution >= 0.6 is 23.5 Å². The fourth-order valence-corrected chi connectivity index (χ4v) is 2.43. The van der Waals surface area contributed by atoms with E-state index in [1.54, 1.807) is 12.1 Å². The molecule has 0 aliphatic carbocycles. The van der Waals surface area contributed by atoms with E-state index in [0.29, 0.717) is 5.56 Å². The predicted molar refractivity (Wildman–Crippen MR) is 64.5 cm³/mol. The summed E-state index contributed by atoms with van der Waals surface area (Å²) in [5, 5.41) is 0. The standard InChI is InChI=1S/C11H11F3OS2/c1-7(15)5-8-6-9(16-2)3-4-10(8)17-11(12,13)14/h3-4,6H,5H2,1-2H3. The van der Waals surface area contributed by atoms with Crippen LogP contribution in [0.3, 0.4) is 0 Å². The predicted octanol–water partition coefficient (Wildman–Crippen LogP) is 4.15. The van der Waals surface area contributed by atoms with E-state index in [1.165, 1.54) is 24.8 Å². The van der Waals surface area contributed by atoms with Gasteiger partial charge in [-0.2, -0.15) is 13.2 Å². The molecule has 0 N–H and O–H groups in total. The van der Waals surface area contributed by atoms with Gasteiger partial charge in [-0.25, -0.2) is 0 Å². The van der Waals surface area contributed by atoms with Crippen molar-refractivity contribution >= 4 is 29.3 Å². The monoisotopic (exact) mass is 280 g/mol. The van der Waals surface area contributed by atoms with Crippen LogP contribution in [0.5, 0.6) is 0 Å². The molecule has 0 radical (unpaired) electrons. The second-order valence-electron chi connectivity index (χ2n) is 3.40. The maximum absolute atomic E-state index is 12.3. The molecule has 94 valence electrons. The third kappa shape index (κ3) is 5.04. The fraction of sp³-hybridized carbons (Fsp3) is 0.364. The molecule has 0 atom stereocenters. The molecule has 1 aromatic carbocycles. The number of carbonyl (C=O) groups excluding carboxylic acids is 1. The van der Waals surface area contributed by atoms with Gasteiger partial charge in [0.1, 0.15) is 5.78 Å². The van der Waals surface area contributed by atoms with Gasteiger partial charge in [-0.3, -0.25) is 4.79 Å². The van der Waals surface area contributed by atoms with Gasteiger partial charge in [-0.1, -0.05) is 0 Å². The summed E-state index contributed by atoms with van der Waals surface area (Å²) < 4.78 is 36.9. The Balaban J connectivity index is 3.06. The van der Waals surface area contributed by atoms with Gasteiger partial charge in [0, 0.05) is 16.2 Å². The van der Waals surface area contributed by atoms with Gasteiger partial charge < -0.3 is 0 Å². The summed E-state index contributed by atoms with van der Waals surface area (Å²) >= 11 is 1.26. The van der Waals surface area contributed by atoms with Crippen molar-refractivity contribution in [3.63, 3.8) is 0 Å². The Kier molecular flexibility index (Phi) is 4.94. The minimum absolute atomic E-state index is 0.0345. The van der Waals surface area contributed by atoms with Crippen LogP contribution in [-0.2, 0) is 11.2 Å². The molecule has 1 nitrogen and oxygen atoms in total. The molecule has 0 fully saturated rings. The van der Waals surface area contributed by atoms with Crippen LogP contribution in [0, 0.1) is 0 Å². The van der Waals surface area contributed by atoms with Crippen LogP contribution in [0.15, 0.2) is 28.0 Å². The van der Waals surface area contributed by atoms with Crippen molar-refractivity contribution in [3.05, 3.63) is 23.8 Å². The number of rotatable bonds is 4. The number of hydrogen-bond donors (Lipinski definition) is 0. The molecule has 0 unspecified atom stereocenters. The summed E-state index contributed by atoms with van der Waals surface area (Å²) in [5.74, 6) is -0.146. The highest BCUT2D eigenvalue weighted by Gasteiger charge is 2.30. The van der Waals surface area contributed by atoms with Crippen LogP contribution in [0.1, 0.15) is 12.5 Å². The number of benzene rings is 1. The highest BCUT2D eigenvalue weighted by Crippen LogP contribution is 2.39. The average Bonchev–Trinajstić information content (AvgIpc) is 2.17. The second-order valence-corrected chi connectivity index (χ2v) is 5.39. The first-order chi connectivity index (χ1) is 7.81. The summed E-state index contributed by atoms with van der Waals surface area (Å²) in [5.41, 5.74) is -3.89. The van der Waals surface area contributed by atoms with Crippen LogP contribution in [0.25, 0.3) is 0 Å². The first kappa shape index (κ1) is 14.4. The SMILES string of the molecule is CSc1ccc(SC(F)(F)F)c(CC(C)=O)c1. The molecule has 0 saturated heterocycles. The molecule has 0 aliphatic rings. The van der Waals surface area contributed by atoms with Crippen molar-refractivity contribution in [2.75, 3.05) is 6.26 Å². The molecule has 0 bridgehead atoms. The molecule has 1 aromatic rings. The zero-order valence-electron chi connectivity index (χ0n) is 9.30. The highest BCUT2D eigenvalue weighted by molar-refractivity contribution is 8.00. The van der Waals surface area contributed by atoms with Crippen LogP contribution in [0.4, 0.5) is 13.2 Å². The Morgan fingerprint density at radius 1 is 1.35 bits per heavy atom. The average molecular weight is 280 g/mol. The summed E-state index contributed by atoms with van der Waals surface area (Å²) in [7, 11) is 0. The molecule has 6 heteroatoms. The maximum Gasteiger partial charge on any atom is 0.446 e. The number of halogens is 3. The Morgan fingerprint density at radius 2 is 2.00 bits per heavy atom. The van der Waals surface area contributed by atoms with Crippen molar-refractivity contribution in [1.82, 2.24) is 0 Å². The molecule has 0 heterocycles. The quantitative estimate of drug-likeness (QED) is 0.771. The minimum Gasteiger partial charge on any atom is -0.300 e. The van der Waals surface area contributed by atoms with Crippen LogP contribution in [0.2, 0.25) is 0 Å². The van der Waals surface area contributed by atoms with Crippen molar-refractivity contribution in [2.24, 2.45) is 0 Å². The van der Waals surface area contributed by atoms with E-state index in [0.717, 1.165) is 4.90 Å². The van der Waals surface area contributed by atoms with Gasteiger partial charge >= 0.3 is 5.51 Å². The van der Waals surface area contributed by atoms with Gasteiger partial charge in [-0.05, 0) is 48.7 Å².